The first-order valence-corrected chi connectivity index (χ1v) is 8.86. The van der Waals surface area contributed by atoms with Crippen LogP contribution in [0.2, 0.25) is 5.02 Å². The average molecular weight is 357 g/mol. The standard InChI is InChI=1S/C20H21ClN2O2/c1-2-14-7-4-6-10-18(14)22-20(25)16-11-19(24)23(13-16)12-15-8-3-5-9-17(15)21/h3-10,16H,2,11-13H2,1H3,(H,22,25). The van der Waals surface area contributed by atoms with Crippen molar-refractivity contribution in [3.05, 3.63) is 64.7 Å². The van der Waals surface area contributed by atoms with Crippen LogP contribution in [0.3, 0.4) is 0 Å². The third-order valence-corrected chi connectivity index (χ3v) is 4.93. The van der Waals surface area contributed by atoms with Gasteiger partial charge in [0.15, 0.2) is 0 Å². The second-order valence-electron chi connectivity index (χ2n) is 6.27. The van der Waals surface area contributed by atoms with Crippen LogP contribution >= 0.6 is 11.6 Å². The fourth-order valence-electron chi connectivity index (χ4n) is 3.12. The van der Waals surface area contributed by atoms with Crippen LogP contribution < -0.4 is 5.32 Å². The van der Waals surface area contributed by atoms with Gasteiger partial charge in [-0.15, -0.1) is 0 Å². The summed E-state index contributed by atoms with van der Waals surface area (Å²) in [5.41, 5.74) is 2.81. The minimum Gasteiger partial charge on any atom is -0.337 e. The maximum Gasteiger partial charge on any atom is 0.229 e. The summed E-state index contributed by atoms with van der Waals surface area (Å²) in [6.07, 6.45) is 1.09. The normalized spacial score (nSPS) is 17.0. The summed E-state index contributed by atoms with van der Waals surface area (Å²) in [7, 11) is 0. The molecule has 0 radical (unpaired) electrons. The van der Waals surface area contributed by atoms with Crippen LogP contribution in [-0.2, 0) is 22.6 Å². The molecule has 2 amide bonds. The molecule has 2 aromatic rings. The molecule has 1 saturated heterocycles. The molecular formula is C20H21ClN2O2. The SMILES string of the molecule is CCc1ccccc1NC(=O)C1CC(=O)N(Cc2ccccc2Cl)C1. The molecule has 1 aliphatic heterocycles. The Bertz CT molecular complexity index is 791. The Morgan fingerprint density at radius 3 is 2.56 bits per heavy atom. The van der Waals surface area contributed by atoms with E-state index in [9.17, 15) is 9.59 Å². The Kier molecular flexibility index (Phi) is 5.39. The molecule has 1 atom stereocenters. The molecule has 0 aliphatic carbocycles. The molecule has 1 heterocycles. The topological polar surface area (TPSA) is 49.4 Å². The van der Waals surface area contributed by atoms with E-state index in [2.05, 4.69) is 12.2 Å². The van der Waals surface area contributed by atoms with Gasteiger partial charge >= 0.3 is 0 Å². The van der Waals surface area contributed by atoms with E-state index >= 15 is 0 Å². The van der Waals surface area contributed by atoms with Crippen molar-refractivity contribution in [3.63, 3.8) is 0 Å². The highest BCUT2D eigenvalue weighted by molar-refractivity contribution is 6.31. The molecular weight excluding hydrogens is 336 g/mol. The first kappa shape index (κ1) is 17.5. The number of hydrogen-bond donors (Lipinski definition) is 1. The van der Waals surface area contributed by atoms with Crippen molar-refractivity contribution in [2.45, 2.75) is 26.3 Å². The van der Waals surface area contributed by atoms with Crippen molar-refractivity contribution in [1.82, 2.24) is 4.90 Å². The van der Waals surface area contributed by atoms with Gasteiger partial charge in [-0.1, -0.05) is 54.9 Å². The first-order chi connectivity index (χ1) is 12.1. The zero-order valence-electron chi connectivity index (χ0n) is 14.2. The van der Waals surface area contributed by atoms with Gasteiger partial charge in [0, 0.05) is 30.2 Å². The van der Waals surface area contributed by atoms with E-state index in [4.69, 9.17) is 11.6 Å². The molecule has 1 unspecified atom stereocenters. The number of benzene rings is 2. The highest BCUT2D eigenvalue weighted by atomic mass is 35.5. The van der Waals surface area contributed by atoms with Crippen molar-refractivity contribution in [2.75, 3.05) is 11.9 Å². The Morgan fingerprint density at radius 2 is 1.84 bits per heavy atom. The number of nitrogens with one attached hydrogen (secondary N) is 1. The summed E-state index contributed by atoms with van der Waals surface area (Å²) in [4.78, 5) is 26.6. The van der Waals surface area contributed by atoms with Gasteiger partial charge in [0.1, 0.15) is 0 Å². The molecule has 25 heavy (non-hydrogen) atoms. The zero-order valence-corrected chi connectivity index (χ0v) is 14.9. The van der Waals surface area contributed by atoms with E-state index in [0.29, 0.717) is 18.1 Å². The lowest BCUT2D eigenvalue weighted by Gasteiger charge is -2.18. The number of carbonyl (C=O) groups is 2. The fourth-order valence-corrected chi connectivity index (χ4v) is 3.31. The molecule has 0 spiro atoms. The number of amides is 2. The summed E-state index contributed by atoms with van der Waals surface area (Å²) in [5.74, 6) is -0.445. The number of likely N-dealkylation sites (tertiary alicyclic amines) is 1. The molecule has 130 valence electrons. The zero-order chi connectivity index (χ0) is 17.8. The second kappa shape index (κ2) is 7.70. The number of hydrogen-bond acceptors (Lipinski definition) is 2. The minimum absolute atomic E-state index is 0.0103. The smallest absolute Gasteiger partial charge is 0.229 e. The number of carbonyl (C=O) groups excluding carboxylic acids is 2. The van der Waals surface area contributed by atoms with E-state index in [1.165, 1.54) is 0 Å². The van der Waals surface area contributed by atoms with E-state index in [1.54, 1.807) is 4.90 Å². The van der Waals surface area contributed by atoms with Gasteiger partial charge in [-0.05, 0) is 29.7 Å². The van der Waals surface area contributed by atoms with Crippen molar-refractivity contribution in [3.8, 4) is 0 Å². The van der Waals surface area contributed by atoms with Gasteiger partial charge < -0.3 is 10.2 Å². The van der Waals surface area contributed by atoms with Crippen LogP contribution in [0.5, 0.6) is 0 Å². The van der Waals surface area contributed by atoms with Crippen LogP contribution in [-0.4, -0.2) is 23.3 Å². The quantitative estimate of drug-likeness (QED) is 0.883. The van der Waals surface area contributed by atoms with E-state index < -0.39 is 0 Å². The van der Waals surface area contributed by atoms with Gasteiger partial charge in [-0.2, -0.15) is 0 Å². The Hall–Kier alpha value is -2.33. The summed E-state index contributed by atoms with van der Waals surface area (Å²) in [5, 5.41) is 3.61. The lowest BCUT2D eigenvalue weighted by atomic mass is 10.1. The minimum atomic E-state index is -0.333. The number of para-hydroxylation sites is 1. The van der Waals surface area contributed by atoms with Crippen LogP contribution in [0.15, 0.2) is 48.5 Å². The highest BCUT2D eigenvalue weighted by Crippen LogP contribution is 2.25. The number of nitrogens with zero attached hydrogens (tertiary/aromatic N) is 1. The third kappa shape index (κ3) is 4.02. The van der Waals surface area contributed by atoms with Gasteiger partial charge in [-0.3, -0.25) is 9.59 Å². The number of halogens is 1. The lowest BCUT2D eigenvalue weighted by Crippen LogP contribution is -2.28. The molecule has 1 aliphatic rings. The maximum absolute atomic E-state index is 12.6. The van der Waals surface area contributed by atoms with Crippen molar-refractivity contribution < 1.29 is 9.59 Å². The van der Waals surface area contributed by atoms with Crippen molar-refractivity contribution in [2.24, 2.45) is 5.92 Å². The van der Waals surface area contributed by atoms with Gasteiger partial charge in [0.2, 0.25) is 11.8 Å². The Morgan fingerprint density at radius 1 is 1.16 bits per heavy atom. The van der Waals surface area contributed by atoms with Gasteiger partial charge in [0.25, 0.3) is 0 Å². The third-order valence-electron chi connectivity index (χ3n) is 4.56. The van der Waals surface area contributed by atoms with Crippen LogP contribution in [0, 0.1) is 5.92 Å². The Balaban J connectivity index is 1.65. The molecule has 0 aromatic heterocycles. The first-order valence-electron chi connectivity index (χ1n) is 8.48. The predicted octanol–water partition coefficient (Wildman–Crippen LogP) is 3.89. The van der Waals surface area contributed by atoms with E-state index in [0.717, 1.165) is 23.2 Å². The monoisotopic (exact) mass is 356 g/mol. The summed E-state index contributed by atoms with van der Waals surface area (Å²) >= 11 is 6.17. The summed E-state index contributed by atoms with van der Waals surface area (Å²) < 4.78 is 0. The Labute approximate surface area is 152 Å². The van der Waals surface area contributed by atoms with Crippen molar-refractivity contribution >= 4 is 29.1 Å². The second-order valence-corrected chi connectivity index (χ2v) is 6.67. The average Bonchev–Trinajstić information content (AvgIpc) is 2.98. The summed E-state index contributed by atoms with van der Waals surface area (Å²) in [6, 6.07) is 15.2. The number of rotatable bonds is 5. The molecule has 2 aromatic carbocycles. The van der Waals surface area contributed by atoms with Crippen LogP contribution in [0.1, 0.15) is 24.5 Å². The largest absolute Gasteiger partial charge is 0.337 e. The number of aryl methyl sites for hydroxylation is 1. The number of anilines is 1. The molecule has 5 heteroatoms. The molecule has 0 bridgehead atoms. The molecule has 4 nitrogen and oxygen atoms in total. The molecule has 1 N–H and O–H groups in total. The summed E-state index contributed by atoms with van der Waals surface area (Å²) in [6.45, 7) is 2.91. The molecule has 0 saturated carbocycles. The lowest BCUT2D eigenvalue weighted by molar-refractivity contribution is -0.128. The molecule has 1 fully saturated rings. The van der Waals surface area contributed by atoms with Gasteiger partial charge in [0.05, 0.1) is 5.92 Å². The predicted molar refractivity (Wildman–Crippen MR) is 99.4 cm³/mol. The van der Waals surface area contributed by atoms with Gasteiger partial charge in [-0.25, -0.2) is 0 Å². The van der Waals surface area contributed by atoms with Crippen LogP contribution in [0.4, 0.5) is 5.69 Å². The molecule has 3 rings (SSSR count). The van der Waals surface area contributed by atoms with E-state index in [1.807, 2.05) is 48.5 Å². The highest BCUT2D eigenvalue weighted by Gasteiger charge is 2.34. The maximum atomic E-state index is 12.6. The van der Waals surface area contributed by atoms with Crippen LogP contribution in [0.25, 0.3) is 0 Å². The van der Waals surface area contributed by atoms with E-state index in [-0.39, 0.29) is 24.2 Å². The van der Waals surface area contributed by atoms with Crippen molar-refractivity contribution in [1.29, 1.82) is 0 Å². The fraction of sp³-hybridized carbons (Fsp3) is 0.300.